The first kappa shape index (κ1) is 17.3. The fourth-order valence-corrected chi connectivity index (χ4v) is 2.83. The van der Waals surface area contributed by atoms with Crippen molar-refractivity contribution in [3.8, 4) is 11.6 Å². The number of aliphatic hydroxyl groups excluding tert-OH is 1. The summed E-state index contributed by atoms with van der Waals surface area (Å²) in [5.41, 5.74) is 1.66. The molecule has 0 saturated carbocycles. The maximum Gasteiger partial charge on any atom is 0.239 e. The van der Waals surface area contributed by atoms with Crippen LogP contribution in [0.2, 0.25) is 15.2 Å². The SMILES string of the molecule is CC(C)c1cc(Oc2c(Cl)cc(CCO)cc2Cl)nnc1Cl. The van der Waals surface area contributed by atoms with Crippen LogP contribution in [-0.4, -0.2) is 21.9 Å². The van der Waals surface area contributed by atoms with E-state index in [4.69, 9.17) is 44.6 Å². The summed E-state index contributed by atoms with van der Waals surface area (Å²) >= 11 is 18.4. The molecule has 118 valence electrons. The number of halogens is 3. The molecule has 0 atom stereocenters. The maximum absolute atomic E-state index is 8.97. The Labute approximate surface area is 144 Å². The Kier molecular flexibility index (Phi) is 5.87. The Morgan fingerprint density at radius 2 is 1.73 bits per heavy atom. The summed E-state index contributed by atoms with van der Waals surface area (Å²) in [5.74, 6) is 0.756. The average molecular weight is 362 g/mol. The van der Waals surface area contributed by atoms with Gasteiger partial charge in [-0.05, 0) is 35.6 Å². The molecule has 2 rings (SSSR count). The van der Waals surface area contributed by atoms with Crippen LogP contribution >= 0.6 is 34.8 Å². The van der Waals surface area contributed by atoms with Crippen LogP contribution in [0.15, 0.2) is 18.2 Å². The highest BCUT2D eigenvalue weighted by molar-refractivity contribution is 6.37. The van der Waals surface area contributed by atoms with Crippen LogP contribution < -0.4 is 4.74 Å². The van der Waals surface area contributed by atoms with E-state index in [-0.39, 0.29) is 18.4 Å². The van der Waals surface area contributed by atoms with Crippen LogP contribution in [0.4, 0.5) is 0 Å². The first-order valence-corrected chi connectivity index (χ1v) is 7.85. The topological polar surface area (TPSA) is 55.2 Å². The minimum Gasteiger partial charge on any atom is -0.434 e. The third-order valence-electron chi connectivity index (χ3n) is 3.04. The summed E-state index contributed by atoms with van der Waals surface area (Å²) in [6.45, 7) is 4.01. The predicted octanol–water partition coefficient (Wildman–Crippen LogP) is 4.89. The van der Waals surface area contributed by atoms with Crippen molar-refractivity contribution in [1.29, 1.82) is 0 Å². The molecule has 4 nitrogen and oxygen atoms in total. The highest BCUT2D eigenvalue weighted by Crippen LogP contribution is 2.37. The molecule has 0 radical (unpaired) electrons. The number of aromatic nitrogens is 2. The molecule has 1 N–H and O–H groups in total. The van der Waals surface area contributed by atoms with Gasteiger partial charge in [0.1, 0.15) is 0 Å². The molecule has 0 unspecified atom stereocenters. The van der Waals surface area contributed by atoms with Crippen LogP contribution in [-0.2, 0) is 6.42 Å². The molecule has 0 spiro atoms. The largest absolute Gasteiger partial charge is 0.434 e. The molecule has 0 saturated heterocycles. The third-order valence-corrected chi connectivity index (χ3v) is 3.90. The number of rotatable bonds is 5. The molecular weight excluding hydrogens is 347 g/mol. The summed E-state index contributed by atoms with van der Waals surface area (Å²) in [6.07, 6.45) is 0.470. The molecule has 0 aliphatic heterocycles. The minimum atomic E-state index is 0.0211. The lowest BCUT2D eigenvalue weighted by molar-refractivity contribution is 0.299. The molecule has 0 aliphatic carbocycles. The van der Waals surface area contributed by atoms with Crippen molar-refractivity contribution >= 4 is 34.8 Å². The molecule has 22 heavy (non-hydrogen) atoms. The van der Waals surface area contributed by atoms with Gasteiger partial charge in [0.05, 0.1) is 10.0 Å². The number of ether oxygens (including phenoxy) is 1. The standard InChI is InChI=1S/C15H15Cl3N2O2/c1-8(2)10-7-13(19-20-15(10)18)22-14-11(16)5-9(3-4-21)6-12(14)17/h5-8,21H,3-4H2,1-2H3. The van der Waals surface area contributed by atoms with Gasteiger partial charge in [-0.25, -0.2) is 0 Å². The number of hydrogen-bond acceptors (Lipinski definition) is 4. The van der Waals surface area contributed by atoms with Gasteiger partial charge in [0.15, 0.2) is 10.9 Å². The molecule has 7 heteroatoms. The van der Waals surface area contributed by atoms with Crippen molar-refractivity contribution in [2.45, 2.75) is 26.2 Å². The second-order valence-corrected chi connectivity index (χ2v) is 6.22. The van der Waals surface area contributed by atoms with E-state index in [9.17, 15) is 0 Å². The van der Waals surface area contributed by atoms with Crippen molar-refractivity contribution in [3.05, 3.63) is 44.5 Å². The smallest absolute Gasteiger partial charge is 0.239 e. The van der Waals surface area contributed by atoms with Crippen molar-refractivity contribution in [2.24, 2.45) is 0 Å². The van der Waals surface area contributed by atoms with E-state index in [0.29, 0.717) is 27.4 Å². The Morgan fingerprint density at radius 1 is 1.09 bits per heavy atom. The number of benzene rings is 1. The van der Waals surface area contributed by atoms with E-state index in [1.165, 1.54) is 0 Å². The first-order valence-electron chi connectivity index (χ1n) is 6.72. The maximum atomic E-state index is 8.97. The Hall–Kier alpha value is -1.07. The van der Waals surface area contributed by atoms with Crippen molar-refractivity contribution in [3.63, 3.8) is 0 Å². The van der Waals surface area contributed by atoms with Gasteiger partial charge in [0.2, 0.25) is 5.88 Å². The average Bonchev–Trinajstić information content (AvgIpc) is 2.44. The summed E-state index contributed by atoms with van der Waals surface area (Å²) in [7, 11) is 0. The fourth-order valence-electron chi connectivity index (χ4n) is 1.91. The van der Waals surface area contributed by atoms with Crippen molar-refractivity contribution in [2.75, 3.05) is 6.61 Å². The molecule has 0 aliphatic rings. The monoisotopic (exact) mass is 360 g/mol. The van der Waals surface area contributed by atoms with Gasteiger partial charge in [-0.3, -0.25) is 0 Å². The van der Waals surface area contributed by atoms with Gasteiger partial charge < -0.3 is 9.84 Å². The van der Waals surface area contributed by atoms with Crippen molar-refractivity contribution in [1.82, 2.24) is 10.2 Å². The molecule has 1 aromatic heterocycles. The molecule has 1 aromatic carbocycles. The summed E-state index contributed by atoms with van der Waals surface area (Å²) < 4.78 is 5.66. The lowest BCUT2D eigenvalue weighted by Crippen LogP contribution is -1.98. The van der Waals surface area contributed by atoms with Gasteiger partial charge in [0.25, 0.3) is 0 Å². The molecule has 0 fully saturated rings. The van der Waals surface area contributed by atoms with Crippen LogP contribution in [0.3, 0.4) is 0 Å². The number of aliphatic hydroxyl groups is 1. The van der Waals surface area contributed by atoms with Crippen LogP contribution in [0.25, 0.3) is 0 Å². The lowest BCUT2D eigenvalue weighted by Gasteiger charge is -2.12. The van der Waals surface area contributed by atoms with Crippen LogP contribution in [0.1, 0.15) is 30.9 Å². The van der Waals surface area contributed by atoms with E-state index in [0.717, 1.165) is 11.1 Å². The van der Waals surface area contributed by atoms with E-state index < -0.39 is 0 Å². The van der Waals surface area contributed by atoms with Crippen molar-refractivity contribution < 1.29 is 9.84 Å². The zero-order chi connectivity index (χ0) is 16.3. The summed E-state index contributed by atoms with van der Waals surface area (Å²) in [5, 5.41) is 17.8. The Morgan fingerprint density at radius 3 is 2.27 bits per heavy atom. The van der Waals surface area contributed by atoms with Gasteiger partial charge in [-0.15, -0.1) is 10.2 Å². The van der Waals surface area contributed by atoms with Gasteiger partial charge in [0, 0.05) is 12.7 Å². The molecule has 0 amide bonds. The predicted molar refractivity (Wildman–Crippen MR) is 88.5 cm³/mol. The molecular formula is C15H15Cl3N2O2. The third kappa shape index (κ3) is 4.02. The van der Waals surface area contributed by atoms with Gasteiger partial charge in [-0.2, -0.15) is 0 Å². The summed E-state index contributed by atoms with van der Waals surface area (Å²) in [4.78, 5) is 0. The van der Waals surface area contributed by atoms with E-state index in [2.05, 4.69) is 10.2 Å². The molecule has 1 heterocycles. The Bertz CT molecular complexity index is 655. The van der Waals surface area contributed by atoms with Crippen LogP contribution in [0, 0.1) is 0 Å². The first-order chi connectivity index (χ1) is 10.4. The second-order valence-electron chi connectivity index (χ2n) is 5.05. The minimum absolute atomic E-state index is 0.0211. The second kappa shape index (κ2) is 7.47. The molecule has 0 bridgehead atoms. The zero-order valence-electron chi connectivity index (χ0n) is 12.1. The zero-order valence-corrected chi connectivity index (χ0v) is 14.4. The quantitative estimate of drug-likeness (QED) is 0.824. The fraction of sp³-hybridized carbons (Fsp3) is 0.333. The van der Waals surface area contributed by atoms with E-state index in [1.807, 2.05) is 13.8 Å². The number of hydrogen-bond donors (Lipinski definition) is 1. The normalized spacial score (nSPS) is 11.0. The van der Waals surface area contributed by atoms with E-state index in [1.54, 1.807) is 18.2 Å². The lowest BCUT2D eigenvalue weighted by atomic mass is 10.1. The Balaban J connectivity index is 2.33. The number of nitrogens with zero attached hydrogens (tertiary/aromatic N) is 2. The highest BCUT2D eigenvalue weighted by Gasteiger charge is 2.14. The molecule has 2 aromatic rings. The van der Waals surface area contributed by atoms with Crippen LogP contribution in [0.5, 0.6) is 11.6 Å². The van der Waals surface area contributed by atoms with E-state index >= 15 is 0 Å². The summed E-state index contributed by atoms with van der Waals surface area (Å²) in [6, 6.07) is 5.12. The highest BCUT2D eigenvalue weighted by atomic mass is 35.5. The van der Waals surface area contributed by atoms with Gasteiger partial charge >= 0.3 is 0 Å². The van der Waals surface area contributed by atoms with Gasteiger partial charge in [-0.1, -0.05) is 48.7 Å².